The lowest BCUT2D eigenvalue weighted by Crippen LogP contribution is -2.28. The highest BCUT2D eigenvalue weighted by molar-refractivity contribution is 6.05. The monoisotopic (exact) mass is 357 g/mol. The highest BCUT2D eigenvalue weighted by Gasteiger charge is 2.18. The number of esters is 1. The number of carbonyl (C=O) groups excluding carboxylic acids is 2. The quantitative estimate of drug-likeness (QED) is 0.766. The number of rotatable bonds is 7. The third kappa shape index (κ3) is 5.24. The Morgan fingerprint density at radius 1 is 0.962 bits per heavy atom. The van der Waals surface area contributed by atoms with Gasteiger partial charge >= 0.3 is 5.97 Å². The molecule has 2 aromatic rings. The molecule has 138 valence electrons. The van der Waals surface area contributed by atoms with Crippen LogP contribution in [-0.4, -0.2) is 31.2 Å². The van der Waals surface area contributed by atoms with E-state index in [2.05, 4.69) is 5.32 Å². The number of ether oxygens (including phenoxy) is 3. The molecule has 1 N–H and O–H groups in total. The lowest BCUT2D eigenvalue weighted by atomic mass is 10.2. The Morgan fingerprint density at radius 2 is 1.62 bits per heavy atom. The summed E-state index contributed by atoms with van der Waals surface area (Å²) in [6, 6.07) is 13.7. The van der Waals surface area contributed by atoms with Crippen molar-refractivity contribution >= 4 is 17.6 Å². The molecule has 6 heteroatoms. The van der Waals surface area contributed by atoms with E-state index in [-0.39, 0.29) is 12.0 Å². The number of methoxy groups -OCH3 is 1. The SMILES string of the molecule is COc1ccccc1NC(=O)c1ccc(OC(C)C(=O)OC(C)C)cc1. The zero-order valence-electron chi connectivity index (χ0n) is 15.3. The average Bonchev–Trinajstić information content (AvgIpc) is 2.62. The number of nitrogens with one attached hydrogen (secondary N) is 1. The number of carbonyl (C=O) groups is 2. The standard InChI is InChI=1S/C20H23NO5/c1-13(2)25-20(23)14(3)26-16-11-9-15(10-12-16)19(22)21-17-7-5-6-8-18(17)24-4/h5-14H,1-4H3,(H,21,22). The number of amides is 1. The first kappa shape index (κ1) is 19.3. The molecule has 0 heterocycles. The van der Waals surface area contributed by atoms with Gasteiger partial charge in [-0.2, -0.15) is 0 Å². The van der Waals surface area contributed by atoms with E-state index < -0.39 is 12.1 Å². The molecular weight excluding hydrogens is 334 g/mol. The first-order valence-corrected chi connectivity index (χ1v) is 8.32. The summed E-state index contributed by atoms with van der Waals surface area (Å²) in [6.07, 6.45) is -0.930. The van der Waals surface area contributed by atoms with Gasteiger partial charge in [0.25, 0.3) is 5.91 Å². The highest BCUT2D eigenvalue weighted by Crippen LogP contribution is 2.24. The number of para-hydroxylation sites is 2. The summed E-state index contributed by atoms with van der Waals surface area (Å²) in [4.78, 5) is 24.1. The number of benzene rings is 2. The van der Waals surface area contributed by atoms with Crippen LogP contribution in [-0.2, 0) is 9.53 Å². The third-order valence-corrected chi connectivity index (χ3v) is 3.47. The summed E-state index contributed by atoms with van der Waals surface area (Å²) in [5.74, 6) is 0.358. The molecule has 0 saturated heterocycles. The summed E-state index contributed by atoms with van der Waals surface area (Å²) in [5, 5.41) is 2.80. The molecule has 0 saturated carbocycles. The molecule has 0 aliphatic rings. The molecular formula is C20H23NO5. The maximum absolute atomic E-state index is 12.4. The summed E-state index contributed by atoms with van der Waals surface area (Å²) in [7, 11) is 1.54. The summed E-state index contributed by atoms with van der Waals surface area (Å²) >= 11 is 0. The molecule has 0 aliphatic heterocycles. The van der Waals surface area contributed by atoms with Crippen molar-refractivity contribution in [3.05, 3.63) is 54.1 Å². The Hall–Kier alpha value is -3.02. The van der Waals surface area contributed by atoms with Gasteiger partial charge in [0, 0.05) is 5.56 Å². The molecule has 2 rings (SSSR count). The van der Waals surface area contributed by atoms with Crippen LogP contribution in [0.5, 0.6) is 11.5 Å². The van der Waals surface area contributed by atoms with E-state index in [9.17, 15) is 9.59 Å². The van der Waals surface area contributed by atoms with E-state index in [4.69, 9.17) is 14.2 Å². The fourth-order valence-corrected chi connectivity index (χ4v) is 2.21. The van der Waals surface area contributed by atoms with Crippen molar-refractivity contribution in [2.75, 3.05) is 12.4 Å². The molecule has 0 fully saturated rings. The lowest BCUT2D eigenvalue weighted by molar-refractivity contribution is -0.154. The Morgan fingerprint density at radius 3 is 2.23 bits per heavy atom. The molecule has 0 radical (unpaired) electrons. The van der Waals surface area contributed by atoms with Gasteiger partial charge in [0.1, 0.15) is 11.5 Å². The van der Waals surface area contributed by atoms with E-state index >= 15 is 0 Å². The van der Waals surface area contributed by atoms with Crippen LogP contribution in [0, 0.1) is 0 Å². The van der Waals surface area contributed by atoms with Crippen LogP contribution in [0.25, 0.3) is 0 Å². The van der Waals surface area contributed by atoms with Crippen molar-refractivity contribution in [3.8, 4) is 11.5 Å². The molecule has 0 bridgehead atoms. The predicted octanol–water partition coefficient (Wildman–Crippen LogP) is 3.67. The minimum atomic E-state index is -0.731. The zero-order chi connectivity index (χ0) is 19.1. The minimum absolute atomic E-state index is 0.199. The van der Waals surface area contributed by atoms with E-state index in [0.717, 1.165) is 0 Å². The van der Waals surface area contributed by atoms with Crippen LogP contribution < -0.4 is 14.8 Å². The Balaban J connectivity index is 2.00. The topological polar surface area (TPSA) is 73.9 Å². The van der Waals surface area contributed by atoms with Crippen LogP contribution in [0.2, 0.25) is 0 Å². The van der Waals surface area contributed by atoms with Crippen molar-refractivity contribution in [1.29, 1.82) is 0 Å². The molecule has 6 nitrogen and oxygen atoms in total. The first-order chi connectivity index (χ1) is 12.4. The van der Waals surface area contributed by atoms with Gasteiger partial charge in [-0.1, -0.05) is 12.1 Å². The summed E-state index contributed by atoms with van der Waals surface area (Å²) in [5.41, 5.74) is 1.05. The fourth-order valence-electron chi connectivity index (χ4n) is 2.21. The average molecular weight is 357 g/mol. The van der Waals surface area contributed by atoms with Crippen LogP contribution >= 0.6 is 0 Å². The lowest BCUT2D eigenvalue weighted by Gasteiger charge is -2.16. The summed E-state index contributed by atoms with van der Waals surface area (Å²) < 4.78 is 15.9. The molecule has 26 heavy (non-hydrogen) atoms. The van der Waals surface area contributed by atoms with Gasteiger partial charge < -0.3 is 19.5 Å². The van der Waals surface area contributed by atoms with Gasteiger partial charge in [0.05, 0.1) is 18.9 Å². The molecule has 1 amide bonds. The maximum atomic E-state index is 12.4. The van der Waals surface area contributed by atoms with Crippen molar-refractivity contribution in [3.63, 3.8) is 0 Å². The Bertz CT molecular complexity index is 755. The van der Waals surface area contributed by atoms with Gasteiger partial charge in [-0.15, -0.1) is 0 Å². The van der Waals surface area contributed by atoms with Crippen LogP contribution in [0.1, 0.15) is 31.1 Å². The molecule has 0 spiro atoms. The second-order valence-electron chi connectivity index (χ2n) is 5.92. The van der Waals surface area contributed by atoms with E-state index in [1.807, 2.05) is 12.1 Å². The van der Waals surface area contributed by atoms with Gasteiger partial charge in [-0.3, -0.25) is 4.79 Å². The molecule has 1 unspecified atom stereocenters. The molecule has 0 aromatic heterocycles. The Labute approximate surface area is 153 Å². The van der Waals surface area contributed by atoms with Crippen molar-refractivity contribution in [1.82, 2.24) is 0 Å². The smallest absolute Gasteiger partial charge is 0.347 e. The fraction of sp³-hybridized carbons (Fsp3) is 0.300. The van der Waals surface area contributed by atoms with Crippen molar-refractivity contribution in [2.24, 2.45) is 0 Å². The summed E-state index contributed by atoms with van der Waals surface area (Å²) in [6.45, 7) is 5.17. The second kappa shape index (κ2) is 8.89. The second-order valence-corrected chi connectivity index (χ2v) is 5.92. The van der Waals surface area contributed by atoms with Gasteiger partial charge in [0.15, 0.2) is 6.10 Å². The van der Waals surface area contributed by atoms with Gasteiger partial charge in [-0.05, 0) is 57.2 Å². The molecule has 1 atom stereocenters. The van der Waals surface area contributed by atoms with Gasteiger partial charge in [-0.25, -0.2) is 4.79 Å². The normalized spacial score (nSPS) is 11.6. The van der Waals surface area contributed by atoms with Crippen molar-refractivity contribution in [2.45, 2.75) is 33.0 Å². The molecule has 2 aromatic carbocycles. The number of hydrogen-bond acceptors (Lipinski definition) is 5. The van der Waals surface area contributed by atoms with E-state index in [1.165, 1.54) is 0 Å². The largest absolute Gasteiger partial charge is 0.495 e. The maximum Gasteiger partial charge on any atom is 0.347 e. The zero-order valence-corrected chi connectivity index (χ0v) is 15.3. The Kier molecular flexibility index (Phi) is 6.60. The first-order valence-electron chi connectivity index (χ1n) is 8.32. The number of anilines is 1. The van der Waals surface area contributed by atoms with E-state index in [1.54, 1.807) is 64.3 Å². The molecule has 0 aliphatic carbocycles. The van der Waals surface area contributed by atoms with Crippen LogP contribution in [0.3, 0.4) is 0 Å². The van der Waals surface area contributed by atoms with E-state index in [0.29, 0.717) is 22.7 Å². The number of hydrogen-bond donors (Lipinski definition) is 1. The van der Waals surface area contributed by atoms with Gasteiger partial charge in [0.2, 0.25) is 0 Å². The predicted molar refractivity (Wildman–Crippen MR) is 98.7 cm³/mol. The van der Waals surface area contributed by atoms with Crippen LogP contribution in [0.4, 0.5) is 5.69 Å². The van der Waals surface area contributed by atoms with Crippen LogP contribution in [0.15, 0.2) is 48.5 Å². The minimum Gasteiger partial charge on any atom is -0.495 e. The van der Waals surface area contributed by atoms with Crippen molar-refractivity contribution < 1.29 is 23.8 Å². The highest BCUT2D eigenvalue weighted by atomic mass is 16.6. The third-order valence-electron chi connectivity index (χ3n) is 3.47.